The molecule has 0 saturated heterocycles. The molecule has 1 atom stereocenters. The molecule has 0 radical (unpaired) electrons. The third kappa shape index (κ3) is 3.36. The molecule has 20 heavy (non-hydrogen) atoms. The number of ether oxygens (including phenoxy) is 2. The first-order chi connectivity index (χ1) is 9.58. The highest BCUT2D eigenvalue weighted by molar-refractivity contribution is 7.20. The highest BCUT2D eigenvalue weighted by Gasteiger charge is 2.24. The summed E-state index contributed by atoms with van der Waals surface area (Å²) in [4.78, 5) is 12.9. The molecule has 0 bridgehead atoms. The van der Waals surface area contributed by atoms with Crippen molar-refractivity contribution >= 4 is 27.3 Å². The number of amides is 1. The van der Waals surface area contributed by atoms with E-state index < -0.39 is 5.60 Å². The molecule has 1 aromatic carbocycles. The maximum atomic E-state index is 12.2. The van der Waals surface area contributed by atoms with Crippen LogP contribution in [0, 0.1) is 0 Å². The van der Waals surface area contributed by atoms with Gasteiger partial charge in [-0.25, -0.2) is 0 Å². The lowest BCUT2D eigenvalue weighted by Crippen LogP contribution is -2.45. The van der Waals surface area contributed by atoms with E-state index in [4.69, 9.17) is 9.47 Å². The van der Waals surface area contributed by atoms with Crippen LogP contribution >= 0.6 is 11.3 Å². The monoisotopic (exact) mass is 293 g/mol. The second-order valence-electron chi connectivity index (χ2n) is 4.92. The van der Waals surface area contributed by atoms with E-state index in [-0.39, 0.29) is 5.91 Å². The molecule has 1 N–H and O–H groups in total. The lowest BCUT2D eigenvalue weighted by Gasteiger charge is -2.27. The standard InChI is InChI=1S/C15H19NO3S/c1-15(19-3,10-18-2)9-16-14(17)13-8-11-6-4-5-7-12(11)20-13/h4-8H,9-10H2,1-3H3,(H,16,17)/t15-/m0/s1. The van der Waals surface area contributed by atoms with Crippen molar-refractivity contribution in [3.63, 3.8) is 0 Å². The zero-order chi connectivity index (χ0) is 14.6. The fourth-order valence-electron chi connectivity index (χ4n) is 1.94. The maximum Gasteiger partial charge on any atom is 0.261 e. The lowest BCUT2D eigenvalue weighted by molar-refractivity contribution is -0.0479. The second kappa shape index (κ2) is 6.35. The molecule has 0 spiro atoms. The molecule has 4 nitrogen and oxygen atoms in total. The predicted molar refractivity (Wildman–Crippen MR) is 81.4 cm³/mol. The normalized spacial score (nSPS) is 14.2. The van der Waals surface area contributed by atoms with Gasteiger partial charge in [0.05, 0.1) is 11.5 Å². The summed E-state index contributed by atoms with van der Waals surface area (Å²) in [5.41, 5.74) is -0.513. The van der Waals surface area contributed by atoms with E-state index in [9.17, 15) is 4.79 Å². The van der Waals surface area contributed by atoms with Gasteiger partial charge in [0.2, 0.25) is 0 Å². The van der Waals surface area contributed by atoms with Gasteiger partial charge in [0.15, 0.2) is 0 Å². The molecule has 108 valence electrons. The summed E-state index contributed by atoms with van der Waals surface area (Å²) in [5.74, 6) is -0.0782. The van der Waals surface area contributed by atoms with Crippen LogP contribution in [0.4, 0.5) is 0 Å². The van der Waals surface area contributed by atoms with Gasteiger partial charge in [-0.2, -0.15) is 0 Å². The average Bonchev–Trinajstić information content (AvgIpc) is 2.89. The minimum absolute atomic E-state index is 0.0782. The number of carbonyl (C=O) groups excluding carboxylic acids is 1. The Balaban J connectivity index is 2.04. The van der Waals surface area contributed by atoms with Gasteiger partial charge in [0.25, 0.3) is 5.91 Å². The first-order valence-corrected chi connectivity index (χ1v) is 7.20. The van der Waals surface area contributed by atoms with Crippen LogP contribution in [0.25, 0.3) is 10.1 Å². The molecule has 1 aromatic heterocycles. The van der Waals surface area contributed by atoms with E-state index >= 15 is 0 Å². The minimum Gasteiger partial charge on any atom is -0.382 e. The largest absolute Gasteiger partial charge is 0.382 e. The van der Waals surface area contributed by atoms with Crippen molar-refractivity contribution in [1.82, 2.24) is 5.32 Å². The number of nitrogens with one attached hydrogen (secondary N) is 1. The van der Waals surface area contributed by atoms with Crippen LogP contribution in [0.5, 0.6) is 0 Å². The van der Waals surface area contributed by atoms with E-state index in [1.54, 1.807) is 14.2 Å². The van der Waals surface area contributed by atoms with Crippen molar-refractivity contribution in [1.29, 1.82) is 0 Å². The summed E-state index contributed by atoms with van der Waals surface area (Å²) in [6.45, 7) is 2.74. The first-order valence-electron chi connectivity index (χ1n) is 6.39. The van der Waals surface area contributed by atoms with Crippen molar-refractivity contribution in [2.45, 2.75) is 12.5 Å². The summed E-state index contributed by atoms with van der Waals surface area (Å²) in [6.07, 6.45) is 0. The molecule has 0 saturated carbocycles. The van der Waals surface area contributed by atoms with Crippen molar-refractivity contribution in [2.24, 2.45) is 0 Å². The number of carbonyl (C=O) groups is 1. The molecule has 1 heterocycles. The highest BCUT2D eigenvalue weighted by Crippen LogP contribution is 2.25. The molecule has 5 heteroatoms. The highest BCUT2D eigenvalue weighted by atomic mass is 32.1. The molecule has 1 amide bonds. The smallest absolute Gasteiger partial charge is 0.261 e. The number of benzene rings is 1. The van der Waals surface area contributed by atoms with Crippen LogP contribution in [-0.2, 0) is 9.47 Å². The van der Waals surface area contributed by atoms with Gasteiger partial charge in [-0.3, -0.25) is 4.79 Å². The van der Waals surface area contributed by atoms with Crippen LogP contribution in [0.2, 0.25) is 0 Å². The topological polar surface area (TPSA) is 47.6 Å². The third-order valence-electron chi connectivity index (χ3n) is 3.21. The minimum atomic E-state index is -0.513. The Kier molecular flexibility index (Phi) is 4.75. The van der Waals surface area contributed by atoms with Gasteiger partial charge in [0.1, 0.15) is 5.60 Å². The Morgan fingerprint density at radius 3 is 2.75 bits per heavy atom. The molecular formula is C15H19NO3S. The molecular weight excluding hydrogens is 274 g/mol. The van der Waals surface area contributed by atoms with Gasteiger partial charge in [-0.15, -0.1) is 11.3 Å². The summed E-state index contributed by atoms with van der Waals surface area (Å²) in [6, 6.07) is 9.88. The molecule has 2 rings (SSSR count). The summed E-state index contributed by atoms with van der Waals surface area (Å²) in [5, 5.41) is 3.99. The van der Waals surface area contributed by atoms with Gasteiger partial charge in [-0.1, -0.05) is 18.2 Å². The Morgan fingerprint density at radius 2 is 2.10 bits per heavy atom. The Morgan fingerprint density at radius 1 is 1.35 bits per heavy atom. The average molecular weight is 293 g/mol. The maximum absolute atomic E-state index is 12.2. The van der Waals surface area contributed by atoms with Crippen molar-refractivity contribution < 1.29 is 14.3 Å². The Hall–Kier alpha value is -1.43. The third-order valence-corrected chi connectivity index (χ3v) is 4.33. The Bertz CT molecular complexity index is 563. The molecule has 0 unspecified atom stereocenters. The second-order valence-corrected chi connectivity index (χ2v) is 6.00. The number of thiophene rings is 1. The van der Waals surface area contributed by atoms with E-state index in [0.717, 1.165) is 10.1 Å². The number of hydrogen-bond acceptors (Lipinski definition) is 4. The van der Waals surface area contributed by atoms with E-state index in [1.165, 1.54) is 11.3 Å². The predicted octanol–water partition coefficient (Wildman–Crippen LogP) is 2.68. The zero-order valence-electron chi connectivity index (χ0n) is 11.9. The molecule has 2 aromatic rings. The summed E-state index contributed by atoms with van der Waals surface area (Å²) >= 11 is 1.49. The SMILES string of the molecule is COC[C@](C)(CNC(=O)c1cc2ccccc2s1)OC. The van der Waals surface area contributed by atoms with Crippen LogP contribution < -0.4 is 5.32 Å². The van der Waals surface area contributed by atoms with Crippen LogP contribution in [0.15, 0.2) is 30.3 Å². The first kappa shape index (κ1) is 15.0. The Labute approximate surface area is 122 Å². The van der Waals surface area contributed by atoms with Crippen LogP contribution in [0.1, 0.15) is 16.6 Å². The van der Waals surface area contributed by atoms with E-state index in [0.29, 0.717) is 18.0 Å². The van der Waals surface area contributed by atoms with Gasteiger partial charge < -0.3 is 14.8 Å². The van der Waals surface area contributed by atoms with Gasteiger partial charge in [-0.05, 0) is 24.4 Å². The van der Waals surface area contributed by atoms with Gasteiger partial charge in [0, 0.05) is 25.5 Å². The van der Waals surface area contributed by atoms with Crippen LogP contribution in [0.3, 0.4) is 0 Å². The van der Waals surface area contributed by atoms with Gasteiger partial charge >= 0.3 is 0 Å². The molecule has 0 fully saturated rings. The van der Waals surface area contributed by atoms with Crippen molar-refractivity contribution in [3.8, 4) is 0 Å². The lowest BCUT2D eigenvalue weighted by atomic mass is 10.1. The van der Waals surface area contributed by atoms with Crippen LogP contribution in [-0.4, -0.2) is 38.9 Å². The number of rotatable bonds is 6. The quantitative estimate of drug-likeness (QED) is 0.891. The number of hydrogen-bond donors (Lipinski definition) is 1. The zero-order valence-corrected chi connectivity index (χ0v) is 12.8. The fourth-order valence-corrected chi connectivity index (χ4v) is 2.91. The van der Waals surface area contributed by atoms with Crippen molar-refractivity contribution in [2.75, 3.05) is 27.4 Å². The number of fused-ring (bicyclic) bond motifs is 1. The molecule has 0 aliphatic heterocycles. The fraction of sp³-hybridized carbons (Fsp3) is 0.400. The van der Waals surface area contributed by atoms with E-state index in [2.05, 4.69) is 5.32 Å². The molecule has 0 aliphatic carbocycles. The summed E-state index contributed by atoms with van der Waals surface area (Å²) in [7, 11) is 3.23. The molecule has 0 aliphatic rings. The number of methoxy groups -OCH3 is 2. The van der Waals surface area contributed by atoms with Crippen molar-refractivity contribution in [3.05, 3.63) is 35.2 Å². The van der Waals surface area contributed by atoms with E-state index in [1.807, 2.05) is 37.3 Å². The summed E-state index contributed by atoms with van der Waals surface area (Å²) < 4.78 is 11.6.